The van der Waals surface area contributed by atoms with Gasteiger partial charge in [-0.1, -0.05) is 30.3 Å². The van der Waals surface area contributed by atoms with Crippen molar-refractivity contribution in [3.05, 3.63) is 60.7 Å². The third-order valence-electron chi connectivity index (χ3n) is 4.79. The molecule has 1 heterocycles. The molecule has 1 aliphatic rings. The topological polar surface area (TPSA) is 99.5 Å². The second kappa shape index (κ2) is 8.05. The maximum absolute atomic E-state index is 13.0. The predicted octanol–water partition coefficient (Wildman–Crippen LogP) is 3.67. The Morgan fingerprint density at radius 2 is 1.87 bits per heavy atom. The zero-order valence-corrected chi connectivity index (χ0v) is 16.9. The SMILES string of the molecule is N#CCCCOc1cccc(NC(=O)CN2c3cccc4cccc(c34)S2(=O)=O)c1. The molecular formula is C22H19N3O4S. The Bertz CT molecular complexity index is 1260. The molecule has 0 unspecified atom stereocenters. The van der Waals surface area contributed by atoms with Crippen molar-refractivity contribution in [3.63, 3.8) is 0 Å². The summed E-state index contributed by atoms with van der Waals surface area (Å²) in [5.41, 5.74) is 1.01. The molecule has 1 N–H and O–H groups in total. The summed E-state index contributed by atoms with van der Waals surface area (Å²) >= 11 is 0. The number of nitrogens with zero attached hydrogens (tertiary/aromatic N) is 2. The summed E-state index contributed by atoms with van der Waals surface area (Å²) in [4.78, 5) is 12.9. The fourth-order valence-corrected chi connectivity index (χ4v) is 5.13. The fraction of sp³-hybridized carbons (Fsp3) is 0.182. The number of unbranched alkanes of at least 4 members (excludes halogenated alkanes) is 1. The number of rotatable bonds is 7. The van der Waals surface area contributed by atoms with Crippen molar-refractivity contribution >= 4 is 38.1 Å². The minimum absolute atomic E-state index is 0.219. The first-order chi connectivity index (χ1) is 14.5. The van der Waals surface area contributed by atoms with Crippen LogP contribution in [0, 0.1) is 11.3 Å². The monoisotopic (exact) mass is 421 g/mol. The molecular weight excluding hydrogens is 402 g/mol. The van der Waals surface area contributed by atoms with Crippen LogP contribution in [0.1, 0.15) is 12.8 Å². The van der Waals surface area contributed by atoms with Crippen molar-refractivity contribution in [2.75, 3.05) is 22.8 Å². The van der Waals surface area contributed by atoms with E-state index in [9.17, 15) is 13.2 Å². The van der Waals surface area contributed by atoms with E-state index >= 15 is 0 Å². The van der Waals surface area contributed by atoms with Gasteiger partial charge in [0.05, 0.1) is 23.3 Å². The molecule has 152 valence electrons. The molecule has 0 fully saturated rings. The molecule has 8 heteroatoms. The molecule has 0 bridgehead atoms. The lowest BCUT2D eigenvalue weighted by molar-refractivity contribution is -0.114. The molecule has 0 radical (unpaired) electrons. The van der Waals surface area contributed by atoms with Crippen LogP contribution in [0.4, 0.5) is 11.4 Å². The van der Waals surface area contributed by atoms with E-state index in [1.165, 1.54) is 0 Å². The van der Waals surface area contributed by atoms with E-state index in [-0.39, 0.29) is 11.4 Å². The van der Waals surface area contributed by atoms with Crippen LogP contribution >= 0.6 is 0 Å². The smallest absolute Gasteiger partial charge is 0.265 e. The Morgan fingerprint density at radius 1 is 1.10 bits per heavy atom. The highest BCUT2D eigenvalue weighted by Crippen LogP contribution is 2.41. The van der Waals surface area contributed by atoms with E-state index in [1.807, 2.05) is 12.1 Å². The Balaban J connectivity index is 1.49. The number of anilines is 2. The Kier molecular flexibility index (Phi) is 5.29. The van der Waals surface area contributed by atoms with Gasteiger partial charge in [-0.15, -0.1) is 0 Å². The number of sulfonamides is 1. The number of nitriles is 1. The zero-order chi connectivity index (χ0) is 21.1. The summed E-state index contributed by atoms with van der Waals surface area (Å²) < 4.78 is 32.7. The van der Waals surface area contributed by atoms with E-state index in [0.717, 1.165) is 9.69 Å². The molecule has 0 saturated heterocycles. The number of nitrogens with one attached hydrogen (secondary N) is 1. The number of hydrogen-bond acceptors (Lipinski definition) is 5. The fourth-order valence-electron chi connectivity index (χ4n) is 3.46. The molecule has 0 spiro atoms. The van der Waals surface area contributed by atoms with Crippen LogP contribution in [0.5, 0.6) is 5.75 Å². The van der Waals surface area contributed by atoms with Gasteiger partial charge >= 0.3 is 0 Å². The average Bonchev–Trinajstić information content (AvgIpc) is 2.95. The molecule has 0 aliphatic carbocycles. The van der Waals surface area contributed by atoms with Gasteiger partial charge in [-0.2, -0.15) is 5.26 Å². The third-order valence-corrected chi connectivity index (χ3v) is 6.59. The Hall–Kier alpha value is -3.57. The van der Waals surface area contributed by atoms with Crippen molar-refractivity contribution in [2.45, 2.75) is 17.7 Å². The average molecular weight is 421 g/mol. The third kappa shape index (κ3) is 3.67. The summed E-state index contributed by atoms with van der Waals surface area (Å²) in [6, 6.07) is 19.4. The van der Waals surface area contributed by atoms with Crippen molar-refractivity contribution in [2.24, 2.45) is 0 Å². The number of ether oxygens (including phenoxy) is 1. The van der Waals surface area contributed by atoms with Crippen molar-refractivity contribution in [1.82, 2.24) is 0 Å². The minimum Gasteiger partial charge on any atom is -0.493 e. The number of hydrogen-bond donors (Lipinski definition) is 1. The lowest BCUT2D eigenvalue weighted by Crippen LogP contribution is -2.35. The van der Waals surface area contributed by atoms with E-state index in [2.05, 4.69) is 11.4 Å². The van der Waals surface area contributed by atoms with Gasteiger partial charge in [0, 0.05) is 23.6 Å². The first-order valence-electron chi connectivity index (χ1n) is 9.45. The van der Waals surface area contributed by atoms with Gasteiger partial charge in [0.25, 0.3) is 10.0 Å². The van der Waals surface area contributed by atoms with Gasteiger partial charge in [-0.25, -0.2) is 8.42 Å². The minimum atomic E-state index is -3.79. The number of amides is 1. The number of carbonyl (C=O) groups is 1. The molecule has 1 aliphatic heterocycles. The van der Waals surface area contributed by atoms with Crippen molar-refractivity contribution in [1.29, 1.82) is 5.26 Å². The first kappa shape index (κ1) is 19.7. The normalized spacial score (nSPS) is 13.8. The van der Waals surface area contributed by atoms with E-state index in [0.29, 0.717) is 42.0 Å². The van der Waals surface area contributed by atoms with E-state index in [1.54, 1.807) is 48.5 Å². The highest BCUT2D eigenvalue weighted by Gasteiger charge is 2.36. The maximum atomic E-state index is 13.0. The van der Waals surface area contributed by atoms with Crippen LogP contribution in [0.25, 0.3) is 10.8 Å². The second-order valence-corrected chi connectivity index (χ2v) is 8.66. The quantitative estimate of drug-likeness (QED) is 0.587. The largest absolute Gasteiger partial charge is 0.493 e. The highest BCUT2D eigenvalue weighted by atomic mass is 32.2. The highest BCUT2D eigenvalue weighted by molar-refractivity contribution is 7.93. The van der Waals surface area contributed by atoms with Gasteiger partial charge < -0.3 is 10.1 Å². The van der Waals surface area contributed by atoms with Crippen LogP contribution < -0.4 is 14.4 Å². The summed E-state index contributed by atoms with van der Waals surface area (Å²) in [6.45, 7) is 0.0721. The lowest BCUT2D eigenvalue weighted by Gasteiger charge is -2.18. The summed E-state index contributed by atoms with van der Waals surface area (Å²) in [6.07, 6.45) is 1.03. The van der Waals surface area contributed by atoms with Gasteiger partial charge in [-0.3, -0.25) is 9.10 Å². The van der Waals surface area contributed by atoms with Crippen LogP contribution in [0.2, 0.25) is 0 Å². The molecule has 0 saturated carbocycles. The maximum Gasteiger partial charge on any atom is 0.265 e. The molecule has 3 aromatic carbocycles. The van der Waals surface area contributed by atoms with Crippen molar-refractivity contribution < 1.29 is 17.9 Å². The molecule has 3 aromatic rings. The second-order valence-electron chi connectivity index (χ2n) is 6.83. The molecule has 4 rings (SSSR count). The zero-order valence-electron chi connectivity index (χ0n) is 16.0. The Labute approximate surface area is 174 Å². The van der Waals surface area contributed by atoms with Gasteiger partial charge in [0.15, 0.2) is 0 Å². The molecule has 1 amide bonds. The lowest BCUT2D eigenvalue weighted by atomic mass is 10.1. The summed E-state index contributed by atoms with van der Waals surface area (Å²) in [5, 5.41) is 12.8. The standard InChI is InChI=1S/C22H19N3O4S/c23-12-1-2-13-29-18-9-5-8-17(14-18)24-21(26)15-25-19-10-3-6-16-7-4-11-20(22(16)19)30(25,27)28/h3-11,14H,1-2,13,15H2,(H,24,26). The van der Waals surface area contributed by atoms with Crippen LogP contribution in [-0.2, 0) is 14.8 Å². The van der Waals surface area contributed by atoms with Gasteiger partial charge in [0.1, 0.15) is 12.3 Å². The molecule has 30 heavy (non-hydrogen) atoms. The van der Waals surface area contributed by atoms with Crippen molar-refractivity contribution in [3.8, 4) is 11.8 Å². The number of benzene rings is 3. The predicted molar refractivity (Wildman–Crippen MR) is 114 cm³/mol. The summed E-state index contributed by atoms with van der Waals surface area (Å²) in [7, 11) is -3.79. The van der Waals surface area contributed by atoms with Gasteiger partial charge in [0.2, 0.25) is 5.91 Å². The van der Waals surface area contributed by atoms with Crippen LogP contribution in [0.15, 0.2) is 65.6 Å². The van der Waals surface area contributed by atoms with Crippen LogP contribution in [0.3, 0.4) is 0 Å². The molecule has 0 aromatic heterocycles. The number of carbonyl (C=O) groups excluding carboxylic acids is 1. The van der Waals surface area contributed by atoms with E-state index < -0.39 is 15.9 Å². The Morgan fingerprint density at radius 3 is 2.67 bits per heavy atom. The van der Waals surface area contributed by atoms with E-state index in [4.69, 9.17) is 10.00 Å². The molecule has 7 nitrogen and oxygen atoms in total. The summed E-state index contributed by atoms with van der Waals surface area (Å²) in [5.74, 6) is 0.113. The molecule has 0 atom stereocenters. The van der Waals surface area contributed by atoms with Crippen LogP contribution in [-0.4, -0.2) is 27.5 Å². The first-order valence-corrected chi connectivity index (χ1v) is 10.9. The van der Waals surface area contributed by atoms with Gasteiger partial charge in [-0.05, 0) is 36.1 Å².